The molecule has 132 valence electrons. The molecule has 1 saturated heterocycles. The maximum Gasteiger partial charge on any atom is 0.305 e. The largest absolute Gasteiger partial charge is 0.481 e. The van der Waals surface area contributed by atoms with Gasteiger partial charge in [0.1, 0.15) is 4.32 Å². The minimum absolute atomic E-state index is 0.108. The second-order valence-electron chi connectivity index (χ2n) is 6.20. The molecule has 1 fully saturated rings. The molecule has 0 aromatic heterocycles. The molecule has 1 unspecified atom stereocenters. The molecule has 1 N–H and O–H groups in total. The highest BCUT2D eigenvalue weighted by molar-refractivity contribution is 8.26. The molecule has 3 rings (SSSR count). The van der Waals surface area contributed by atoms with Crippen molar-refractivity contribution < 1.29 is 14.7 Å². The smallest absolute Gasteiger partial charge is 0.305 e. The molecule has 1 amide bonds. The molecule has 0 bridgehead atoms. The SMILES string of the molecule is CCN1c2ccc(C=C3SC(=S)N(CCC(=O)O)C3=O)cc2CC1C. The fourth-order valence-electron chi connectivity index (χ4n) is 3.34. The Labute approximate surface area is 156 Å². The predicted molar refractivity (Wildman–Crippen MR) is 105 cm³/mol. The van der Waals surface area contributed by atoms with Crippen molar-refractivity contribution in [2.45, 2.75) is 32.7 Å². The van der Waals surface area contributed by atoms with Gasteiger partial charge in [-0.1, -0.05) is 30.0 Å². The first-order valence-corrected chi connectivity index (χ1v) is 9.50. The molecule has 7 heteroatoms. The van der Waals surface area contributed by atoms with Crippen molar-refractivity contribution in [3.05, 3.63) is 34.2 Å². The summed E-state index contributed by atoms with van der Waals surface area (Å²) in [5, 5.41) is 8.79. The molecule has 1 aromatic carbocycles. The van der Waals surface area contributed by atoms with Gasteiger partial charge in [-0.2, -0.15) is 0 Å². The topological polar surface area (TPSA) is 60.9 Å². The van der Waals surface area contributed by atoms with Gasteiger partial charge in [-0.25, -0.2) is 0 Å². The Kier molecular flexibility index (Phi) is 5.15. The third-order valence-electron chi connectivity index (χ3n) is 4.52. The van der Waals surface area contributed by atoms with Gasteiger partial charge in [0.2, 0.25) is 0 Å². The van der Waals surface area contributed by atoms with E-state index in [0.717, 1.165) is 18.5 Å². The van der Waals surface area contributed by atoms with E-state index in [-0.39, 0.29) is 18.9 Å². The lowest BCUT2D eigenvalue weighted by Crippen LogP contribution is -2.30. The monoisotopic (exact) mass is 376 g/mol. The Morgan fingerprint density at radius 2 is 2.24 bits per heavy atom. The van der Waals surface area contributed by atoms with Crippen molar-refractivity contribution in [3.8, 4) is 0 Å². The molecule has 1 atom stereocenters. The number of aliphatic carboxylic acids is 1. The van der Waals surface area contributed by atoms with Crippen LogP contribution in [0.25, 0.3) is 6.08 Å². The van der Waals surface area contributed by atoms with E-state index in [1.807, 2.05) is 12.1 Å². The second kappa shape index (κ2) is 7.17. The summed E-state index contributed by atoms with van der Waals surface area (Å²) in [5.41, 5.74) is 3.54. The van der Waals surface area contributed by atoms with E-state index in [4.69, 9.17) is 17.3 Å². The lowest BCUT2D eigenvalue weighted by molar-refractivity contribution is -0.137. The van der Waals surface area contributed by atoms with E-state index < -0.39 is 5.97 Å². The van der Waals surface area contributed by atoms with Gasteiger partial charge < -0.3 is 10.0 Å². The summed E-state index contributed by atoms with van der Waals surface area (Å²) in [4.78, 5) is 27.5. The van der Waals surface area contributed by atoms with E-state index in [2.05, 4.69) is 30.9 Å². The molecule has 2 aliphatic heterocycles. The minimum Gasteiger partial charge on any atom is -0.481 e. The Balaban J connectivity index is 1.80. The molecule has 0 aliphatic carbocycles. The van der Waals surface area contributed by atoms with E-state index in [0.29, 0.717) is 15.3 Å². The Morgan fingerprint density at radius 1 is 1.48 bits per heavy atom. The van der Waals surface area contributed by atoms with Crippen LogP contribution in [-0.4, -0.2) is 45.3 Å². The number of amides is 1. The van der Waals surface area contributed by atoms with Crippen LogP contribution in [0.1, 0.15) is 31.4 Å². The zero-order valence-electron chi connectivity index (χ0n) is 14.2. The van der Waals surface area contributed by atoms with Gasteiger partial charge in [0.15, 0.2) is 0 Å². The van der Waals surface area contributed by atoms with E-state index >= 15 is 0 Å². The van der Waals surface area contributed by atoms with Crippen LogP contribution >= 0.6 is 24.0 Å². The van der Waals surface area contributed by atoms with Crippen molar-refractivity contribution in [2.75, 3.05) is 18.0 Å². The van der Waals surface area contributed by atoms with Gasteiger partial charge in [-0.3, -0.25) is 14.5 Å². The van der Waals surface area contributed by atoms with Crippen LogP contribution in [0, 0.1) is 0 Å². The van der Waals surface area contributed by atoms with Gasteiger partial charge >= 0.3 is 5.97 Å². The van der Waals surface area contributed by atoms with E-state index in [9.17, 15) is 9.59 Å². The van der Waals surface area contributed by atoms with Crippen LogP contribution in [-0.2, 0) is 16.0 Å². The Bertz CT molecular complexity index is 776. The normalized spacial score (nSPS) is 21.4. The summed E-state index contributed by atoms with van der Waals surface area (Å²) < 4.78 is 0.421. The van der Waals surface area contributed by atoms with Crippen LogP contribution in [0.3, 0.4) is 0 Å². The van der Waals surface area contributed by atoms with Crippen molar-refractivity contribution in [1.29, 1.82) is 0 Å². The number of likely N-dealkylation sites (N-methyl/N-ethyl adjacent to an activating group) is 1. The number of thiocarbonyl (C=S) groups is 1. The number of carbonyl (C=O) groups is 2. The maximum atomic E-state index is 12.5. The molecule has 0 saturated carbocycles. The second-order valence-corrected chi connectivity index (χ2v) is 7.88. The first-order chi connectivity index (χ1) is 11.9. The number of fused-ring (bicyclic) bond motifs is 1. The van der Waals surface area contributed by atoms with E-state index in [1.54, 1.807) is 0 Å². The molecule has 0 spiro atoms. The number of rotatable bonds is 5. The quantitative estimate of drug-likeness (QED) is 0.629. The summed E-state index contributed by atoms with van der Waals surface area (Å²) in [6.07, 6.45) is 2.74. The zero-order valence-corrected chi connectivity index (χ0v) is 15.8. The molecule has 0 radical (unpaired) electrons. The lowest BCUT2D eigenvalue weighted by atomic mass is 10.1. The van der Waals surface area contributed by atoms with Crippen LogP contribution in [0.2, 0.25) is 0 Å². The number of thioether (sulfide) groups is 1. The molecule has 25 heavy (non-hydrogen) atoms. The van der Waals surface area contributed by atoms with Crippen LogP contribution in [0.4, 0.5) is 5.69 Å². The molecule has 2 heterocycles. The standard InChI is InChI=1S/C18H20N2O3S2/c1-3-19-11(2)8-13-9-12(4-5-14(13)19)10-15-17(23)20(18(24)25-15)7-6-16(21)22/h4-5,9-11H,3,6-8H2,1-2H3,(H,21,22). The average Bonchev–Trinajstić information content (AvgIpc) is 3.01. The van der Waals surface area contributed by atoms with Gasteiger partial charge in [0, 0.05) is 24.8 Å². The first-order valence-electron chi connectivity index (χ1n) is 8.27. The third kappa shape index (κ3) is 3.57. The number of carboxylic acid groups (broad SMARTS) is 1. The molecule has 2 aliphatic rings. The molecular weight excluding hydrogens is 356 g/mol. The number of anilines is 1. The van der Waals surface area contributed by atoms with Crippen molar-refractivity contribution >= 4 is 51.9 Å². The Hall–Kier alpha value is -1.86. The van der Waals surface area contributed by atoms with Gasteiger partial charge in [-0.05, 0) is 49.6 Å². The summed E-state index contributed by atoms with van der Waals surface area (Å²) in [6, 6.07) is 6.75. The maximum absolute atomic E-state index is 12.5. The highest BCUT2D eigenvalue weighted by Gasteiger charge is 2.32. The first kappa shape index (κ1) is 17.9. The van der Waals surface area contributed by atoms with Gasteiger partial charge in [0.05, 0.1) is 11.3 Å². The third-order valence-corrected chi connectivity index (χ3v) is 5.90. The molecular formula is C18H20N2O3S2. The number of carboxylic acids is 1. The number of hydrogen-bond donors (Lipinski definition) is 1. The van der Waals surface area contributed by atoms with Crippen molar-refractivity contribution in [1.82, 2.24) is 4.90 Å². The zero-order chi connectivity index (χ0) is 18.1. The van der Waals surface area contributed by atoms with Gasteiger partial charge in [0.25, 0.3) is 5.91 Å². The van der Waals surface area contributed by atoms with Crippen LogP contribution in [0.5, 0.6) is 0 Å². The minimum atomic E-state index is -0.939. The summed E-state index contributed by atoms with van der Waals surface area (Å²) in [5.74, 6) is -1.15. The predicted octanol–water partition coefficient (Wildman–Crippen LogP) is 3.13. The number of carbonyl (C=O) groups excluding carboxylic acids is 1. The molecule has 1 aromatic rings. The summed E-state index contributed by atoms with van der Waals surface area (Å²) in [6.45, 7) is 5.47. The summed E-state index contributed by atoms with van der Waals surface area (Å²) >= 11 is 6.45. The Morgan fingerprint density at radius 3 is 2.92 bits per heavy atom. The fraction of sp³-hybridized carbons (Fsp3) is 0.389. The highest BCUT2D eigenvalue weighted by Crippen LogP contribution is 2.35. The number of hydrogen-bond acceptors (Lipinski definition) is 5. The highest BCUT2D eigenvalue weighted by atomic mass is 32.2. The summed E-state index contributed by atoms with van der Waals surface area (Å²) in [7, 11) is 0. The van der Waals surface area contributed by atoms with E-state index in [1.165, 1.54) is 27.9 Å². The fourth-order valence-corrected chi connectivity index (χ4v) is 4.65. The van der Waals surface area contributed by atoms with Crippen molar-refractivity contribution in [3.63, 3.8) is 0 Å². The van der Waals surface area contributed by atoms with Gasteiger partial charge in [-0.15, -0.1) is 0 Å². The number of nitrogens with zero attached hydrogens (tertiary/aromatic N) is 2. The lowest BCUT2D eigenvalue weighted by Gasteiger charge is -2.22. The average molecular weight is 377 g/mol. The molecule has 5 nitrogen and oxygen atoms in total. The number of benzene rings is 1. The van der Waals surface area contributed by atoms with Crippen LogP contribution in [0.15, 0.2) is 23.1 Å². The van der Waals surface area contributed by atoms with Crippen molar-refractivity contribution in [2.24, 2.45) is 0 Å². The van der Waals surface area contributed by atoms with Crippen LogP contribution < -0.4 is 4.90 Å².